The third-order valence-corrected chi connectivity index (χ3v) is 9.75. The van der Waals surface area contributed by atoms with E-state index in [2.05, 4.69) is 0 Å². The van der Waals surface area contributed by atoms with Crippen LogP contribution in [0.5, 0.6) is 0 Å². The van der Waals surface area contributed by atoms with Crippen molar-refractivity contribution in [1.82, 2.24) is 0 Å². The van der Waals surface area contributed by atoms with Gasteiger partial charge in [-0.3, -0.25) is 10.1 Å². The molecule has 0 spiro atoms. The molecule has 0 aromatic heterocycles. The molecule has 166 valence electrons. The van der Waals surface area contributed by atoms with Gasteiger partial charge in [-0.2, -0.15) is 0 Å². The summed E-state index contributed by atoms with van der Waals surface area (Å²) in [5.41, 5.74) is -0.410. The standard InChI is InChI=1S/C22H18FNO6S2/c23-18-13-11-17(12-14-18)15-19(24(25)26)16-22(31(27,28)20-7-3-1-4-8-20)32(29,30)21-9-5-2-6-10-21/h1-15,22H,16H2/b19-15+. The monoisotopic (exact) mass is 475 g/mol. The molecule has 0 aliphatic carbocycles. The molecule has 0 amide bonds. The van der Waals surface area contributed by atoms with Crippen LogP contribution >= 0.6 is 0 Å². The van der Waals surface area contributed by atoms with E-state index < -0.39 is 47.1 Å². The predicted octanol–water partition coefficient (Wildman–Crippen LogP) is 4.11. The van der Waals surface area contributed by atoms with Crippen molar-refractivity contribution in [2.45, 2.75) is 20.8 Å². The summed E-state index contributed by atoms with van der Waals surface area (Å²) in [6, 6.07) is 18.5. The van der Waals surface area contributed by atoms with Crippen LogP contribution in [0.25, 0.3) is 6.08 Å². The first-order chi connectivity index (χ1) is 15.1. The fraction of sp³-hybridized carbons (Fsp3) is 0.0909. The van der Waals surface area contributed by atoms with Gasteiger partial charge in [0.1, 0.15) is 5.82 Å². The van der Waals surface area contributed by atoms with Gasteiger partial charge in [0.2, 0.25) is 5.70 Å². The molecule has 3 aromatic rings. The maximum Gasteiger partial charge on any atom is 0.249 e. The summed E-state index contributed by atoms with van der Waals surface area (Å²) in [5.74, 6) is -0.555. The van der Waals surface area contributed by atoms with Crippen LogP contribution in [-0.2, 0) is 19.7 Å². The van der Waals surface area contributed by atoms with Crippen molar-refractivity contribution in [2.24, 2.45) is 0 Å². The number of allylic oxidation sites excluding steroid dienone is 1. The van der Waals surface area contributed by atoms with Gasteiger partial charge < -0.3 is 0 Å². The van der Waals surface area contributed by atoms with Crippen molar-refractivity contribution in [2.75, 3.05) is 0 Å². The van der Waals surface area contributed by atoms with Crippen LogP contribution in [0.4, 0.5) is 4.39 Å². The molecule has 0 fully saturated rings. The minimum Gasteiger partial charge on any atom is -0.259 e. The Morgan fingerprint density at radius 2 is 1.25 bits per heavy atom. The minimum atomic E-state index is -4.53. The summed E-state index contributed by atoms with van der Waals surface area (Å²) in [7, 11) is -9.06. The highest BCUT2D eigenvalue weighted by atomic mass is 32.3. The second kappa shape index (κ2) is 9.41. The maximum absolute atomic E-state index is 13.3. The summed E-state index contributed by atoms with van der Waals surface area (Å²) in [6.07, 6.45) is 0.131. The number of hydrogen-bond acceptors (Lipinski definition) is 6. The Balaban J connectivity index is 2.16. The Morgan fingerprint density at radius 1 is 0.812 bits per heavy atom. The van der Waals surface area contributed by atoms with Crippen LogP contribution < -0.4 is 0 Å². The average Bonchev–Trinajstić information content (AvgIpc) is 2.78. The van der Waals surface area contributed by atoms with E-state index in [1.54, 1.807) is 12.1 Å². The molecular weight excluding hydrogens is 457 g/mol. The second-order valence-corrected chi connectivity index (χ2v) is 11.4. The quantitative estimate of drug-likeness (QED) is 0.358. The van der Waals surface area contributed by atoms with Gasteiger partial charge >= 0.3 is 0 Å². The van der Waals surface area contributed by atoms with E-state index in [9.17, 15) is 31.3 Å². The van der Waals surface area contributed by atoms with Gasteiger partial charge in [-0.1, -0.05) is 48.5 Å². The Kier molecular flexibility index (Phi) is 6.85. The molecule has 32 heavy (non-hydrogen) atoms. The van der Waals surface area contributed by atoms with Crippen LogP contribution in [-0.4, -0.2) is 26.3 Å². The summed E-state index contributed by atoms with van der Waals surface area (Å²) < 4.78 is 64.3. The molecular formula is C22H18FNO6S2. The molecule has 0 radical (unpaired) electrons. The Bertz CT molecular complexity index is 1270. The lowest BCUT2D eigenvalue weighted by molar-refractivity contribution is -0.425. The van der Waals surface area contributed by atoms with Gasteiger partial charge in [0, 0.05) is 6.08 Å². The Hall–Kier alpha value is -3.37. The van der Waals surface area contributed by atoms with E-state index in [0.717, 1.165) is 18.2 Å². The van der Waals surface area contributed by atoms with E-state index in [1.165, 1.54) is 60.7 Å². The molecule has 3 rings (SSSR count). The van der Waals surface area contributed by atoms with Crippen molar-refractivity contribution in [3.05, 3.63) is 112 Å². The average molecular weight is 476 g/mol. The number of sulfone groups is 2. The van der Waals surface area contributed by atoms with Crippen LogP contribution in [0.1, 0.15) is 12.0 Å². The fourth-order valence-electron chi connectivity index (χ4n) is 3.02. The minimum absolute atomic E-state index is 0.228. The third kappa shape index (κ3) is 5.09. The summed E-state index contributed by atoms with van der Waals surface area (Å²) >= 11 is 0. The first-order valence-corrected chi connectivity index (χ1v) is 12.4. The molecule has 0 N–H and O–H groups in total. The maximum atomic E-state index is 13.3. The van der Waals surface area contributed by atoms with Crippen molar-refractivity contribution in [3.63, 3.8) is 0 Å². The summed E-state index contributed by atoms with van der Waals surface area (Å²) in [5, 5.41) is 11.7. The van der Waals surface area contributed by atoms with E-state index >= 15 is 0 Å². The van der Waals surface area contributed by atoms with Gasteiger partial charge in [0.05, 0.1) is 21.1 Å². The Labute approximate surface area is 184 Å². The number of halogens is 1. The highest BCUT2D eigenvalue weighted by molar-refractivity contribution is 8.09. The van der Waals surface area contributed by atoms with Crippen LogP contribution in [0.15, 0.2) is 100 Å². The number of nitro groups is 1. The Morgan fingerprint density at radius 3 is 1.66 bits per heavy atom. The lowest BCUT2D eigenvalue weighted by Gasteiger charge is -2.18. The molecule has 3 aromatic carbocycles. The molecule has 0 heterocycles. The summed E-state index contributed by atoms with van der Waals surface area (Å²) in [4.78, 5) is 10.3. The molecule has 0 saturated carbocycles. The molecule has 0 aliphatic rings. The molecule has 0 aliphatic heterocycles. The zero-order valence-electron chi connectivity index (χ0n) is 16.5. The van der Waals surface area contributed by atoms with E-state index in [-0.39, 0.29) is 15.4 Å². The largest absolute Gasteiger partial charge is 0.259 e. The smallest absolute Gasteiger partial charge is 0.249 e. The van der Waals surface area contributed by atoms with Crippen molar-refractivity contribution >= 4 is 25.8 Å². The third-order valence-electron chi connectivity index (χ3n) is 4.65. The number of rotatable bonds is 8. The second-order valence-electron chi connectivity index (χ2n) is 6.79. The molecule has 0 saturated heterocycles. The van der Waals surface area contributed by atoms with Gasteiger partial charge in [-0.25, -0.2) is 21.2 Å². The fourth-order valence-corrected chi connectivity index (χ4v) is 7.48. The highest BCUT2D eigenvalue weighted by Crippen LogP contribution is 2.31. The first-order valence-electron chi connectivity index (χ1n) is 9.31. The lowest BCUT2D eigenvalue weighted by atomic mass is 10.1. The van der Waals surface area contributed by atoms with Gasteiger partial charge in [0.15, 0.2) is 24.3 Å². The zero-order chi connectivity index (χ0) is 23.4. The molecule has 0 unspecified atom stereocenters. The highest BCUT2D eigenvalue weighted by Gasteiger charge is 2.42. The first kappa shape index (κ1) is 23.3. The SMILES string of the molecule is O=[N+]([O-])/C(=C/c1ccc(F)cc1)CC(S(=O)(=O)c1ccccc1)S(=O)(=O)c1ccccc1. The van der Waals surface area contributed by atoms with Crippen molar-refractivity contribution in [3.8, 4) is 0 Å². The number of benzene rings is 3. The molecule has 7 nitrogen and oxygen atoms in total. The van der Waals surface area contributed by atoms with Crippen LogP contribution in [0.2, 0.25) is 0 Å². The zero-order valence-corrected chi connectivity index (χ0v) is 18.2. The lowest BCUT2D eigenvalue weighted by Crippen LogP contribution is -2.32. The molecule has 0 bridgehead atoms. The van der Waals surface area contributed by atoms with Gasteiger partial charge in [0.25, 0.3) is 0 Å². The van der Waals surface area contributed by atoms with E-state index in [0.29, 0.717) is 0 Å². The van der Waals surface area contributed by atoms with E-state index in [4.69, 9.17) is 0 Å². The van der Waals surface area contributed by atoms with Crippen molar-refractivity contribution < 1.29 is 26.1 Å². The van der Waals surface area contributed by atoms with Gasteiger partial charge in [-0.05, 0) is 42.0 Å². The van der Waals surface area contributed by atoms with Crippen LogP contribution in [0.3, 0.4) is 0 Å². The summed E-state index contributed by atoms with van der Waals surface area (Å²) in [6.45, 7) is 0. The predicted molar refractivity (Wildman–Crippen MR) is 117 cm³/mol. The van der Waals surface area contributed by atoms with Crippen LogP contribution in [0, 0.1) is 15.9 Å². The number of nitrogens with zero attached hydrogens (tertiary/aromatic N) is 1. The van der Waals surface area contributed by atoms with Crippen molar-refractivity contribution in [1.29, 1.82) is 0 Å². The number of hydrogen-bond donors (Lipinski definition) is 0. The molecule has 0 atom stereocenters. The molecule has 10 heteroatoms. The van der Waals surface area contributed by atoms with E-state index in [1.807, 2.05) is 0 Å². The van der Waals surface area contributed by atoms with Gasteiger partial charge in [-0.15, -0.1) is 0 Å². The topological polar surface area (TPSA) is 111 Å². The normalized spacial score (nSPS) is 12.6.